The van der Waals surface area contributed by atoms with E-state index in [9.17, 15) is 19.7 Å². The molecule has 0 saturated carbocycles. The molecule has 2 heterocycles. The highest BCUT2D eigenvalue weighted by Gasteiger charge is 2.28. The number of carbonyl (C=O) groups excluding carboxylic acids is 2. The van der Waals surface area contributed by atoms with Crippen molar-refractivity contribution in [3.8, 4) is 0 Å². The Morgan fingerprint density at radius 3 is 2.47 bits per heavy atom. The molecular formula is C23H22N4O5. The molecule has 9 heteroatoms. The summed E-state index contributed by atoms with van der Waals surface area (Å²) in [6.45, 7) is 1.71. The number of hydrogen-bond acceptors (Lipinski definition) is 6. The third kappa shape index (κ3) is 4.84. The van der Waals surface area contributed by atoms with Gasteiger partial charge in [0, 0.05) is 37.5 Å². The molecule has 0 aliphatic carbocycles. The number of nitro benzene ring substituents is 1. The number of nitro groups is 1. The number of hydrogen-bond donors (Lipinski definition) is 2. The Hall–Kier alpha value is -3.98. The van der Waals surface area contributed by atoms with E-state index in [-0.39, 0.29) is 18.3 Å². The highest BCUT2D eigenvalue weighted by atomic mass is 16.6. The minimum atomic E-state index is -0.846. The van der Waals surface area contributed by atoms with E-state index < -0.39 is 16.7 Å². The summed E-state index contributed by atoms with van der Waals surface area (Å²) in [5.41, 5.74) is 2.74. The minimum Gasteiger partial charge on any atom is -0.468 e. The number of rotatable bonds is 6. The molecule has 1 aliphatic rings. The lowest BCUT2D eigenvalue weighted by atomic mass is 9.98. The van der Waals surface area contributed by atoms with Gasteiger partial charge in [0.2, 0.25) is 0 Å². The van der Waals surface area contributed by atoms with Crippen LogP contribution in [0.25, 0.3) is 0 Å². The van der Waals surface area contributed by atoms with Crippen molar-refractivity contribution in [2.24, 2.45) is 0 Å². The summed E-state index contributed by atoms with van der Waals surface area (Å²) in [5.74, 6) is -0.932. The second kappa shape index (κ2) is 9.44. The highest BCUT2D eigenvalue weighted by molar-refractivity contribution is 6.39. The molecule has 1 aliphatic heterocycles. The molecular weight excluding hydrogens is 412 g/mol. The second-order valence-corrected chi connectivity index (χ2v) is 7.49. The van der Waals surface area contributed by atoms with Crippen LogP contribution in [0.15, 0.2) is 71.3 Å². The topological polar surface area (TPSA) is 118 Å². The number of benzene rings is 2. The van der Waals surface area contributed by atoms with Crippen LogP contribution in [0, 0.1) is 10.1 Å². The standard InChI is InChI=1S/C23H22N4O5/c28-22(23(29)25-18-7-9-19(10-8-18)27(30)31)24-14-20(21-6-3-13-32-21)26-12-11-16-4-1-2-5-17(16)15-26/h1-10,13,20H,11-12,14-15H2,(H,24,28)(H,25,29)/t20-/m0/s1. The van der Waals surface area contributed by atoms with Crippen LogP contribution in [0.4, 0.5) is 11.4 Å². The Kier molecular flexibility index (Phi) is 6.27. The molecule has 32 heavy (non-hydrogen) atoms. The molecule has 0 saturated heterocycles. The molecule has 2 amide bonds. The van der Waals surface area contributed by atoms with Crippen LogP contribution in [-0.4, -0.2) is 34.7 Å². The quantitative estimate of drug-likeness (QED) is 0.350. The monoisotopic (exact) mass is 434 g/mol. The number of carbonyl (C=O) groups is 2. The number of furan rings is 1. The van der Waals surface area contributed by atoms with Crippen molar-refractivity contribution in [2.75, 3.05) is 18.4 Å². The number of anilines is 1. The minimum absolute atomic E-state index is 0.100. The average Bonchev–Trinajstić information content (AvgIpc) is 3.34. The largest absolute Gasteiger partial charge is 0.468 e. The van der Waals surface area contributed by atoms with E-state index in [4.69, 9.17) is 4.42 Å². The van der Waals surface area contributed by atoms with Gasteiger partial charge in [0.25, 0.3) is 5.69 Å². The molecule has 164 valence electrons. The van der Waals surface area contributed by atoms with Gasteiger partial charge in [-0.1, -0.05) is 24.3 Å². The first kappa shape index (κ1) is 21.3. The zero-order valence-electron chi connectivity index (χ0n) is 17.2. The van der Waals surface area contributed by atoms with Gasteiger partial charge in [-0.3, -0.25) is 24.6 Å². The molecule has 2 N–H and O–H groups in total. The average molecular weight is 434 g/mol. The van der Waals surface area contributed by atoms with E-state index >= 15 is 0 Å². The molecule has 0 radical (unpaired) electrons. The molecule has 9 nitrogen and oxygen atoms in total. The van der Waals surface area contributed by atoms with E-state index in [0.717, 1.165) is 13.0 Å². The zero-order chi connectivity index (χ0) is 22.5. The Morgan fingerprint density at radius 2 is 1.78 bits per heavy atom. The van der Waals surface area contributed by atoms with Crippen LogP contribution in [0.5, 0.6) is 0 Å². The molecule has 4 rings (SSSR count). The predicted molar refractivity (Wildman–Crippen MR) is 117 cm³/mol. The molecule has 1 aromatic heterocycles. The summed E-state index contributed by atoms with van der Waals surface area (Å²) in [6.07, 6.45) is 2.48. The highest BCUT2D eigenvalue weighted by Crippen LogP contribution is 2.28. The van der Waals surface area contributed by atoms with Crippen molar-refractivity contribution < 1.29 is 18.9 Å². The Morgan fingerprint density at radius 1 is 1.03 bits per heavy atom. The number of fused-ring (bicyclic) bond motifs is 1. The fourth-order valence-corrected chi connectivity index (χ4v) is 3.80. The van der Waals surface area contributed by atoms with E-state index in [1.165, 1.54) is 35.4 Å². The van der Waals surface area contributed by atoms with E-state index in [1.807, 2.05) is 18.2 Å². The number of non-ortho nitro benzene ring substituents is 1. The van der Waals surface area contributed by atoms with E-state index in [1.54, 1.807) is 12.3 Å². The summed E-state index contributed by atoms with van der Waals surface area (Å²) in [4.78, 5) is 37.1. The normalized spacial score (nSPS) is 14.2. The number of nitrogens with one attached hydrogen (secondary N) is 2. The Labute approximate surface area is 184 Å². The molecule has 0 spiro atoms. The predicted octanol–water partition coefficient (Wildman–Crippen LogP) is 3.04. The number of nitrogens with zero attached hydrogens (tertiary/aromatic N) is 2. The van der Waals surface area contributed by atoms with Crippen LogP contribution in [0.1, 0.15) is 22.9 Å². The Balaban J connectivity index is 1.39. The lowest BCUT2D eigenvalue weighted by Crippen LogP contribution is -2.43. The third-order valence-corrected chi connectivity index (χ3v) is 5.47. The van der Waals surface area contributed by atoms with Crippen LogP contribution >= 0.6 is 0 Å². The van der Waals surface area contributed by atoms with Crippen molar-refractivity contribution in [3.63, 3.8) is 0 Å². The molecule has 0 unspecified atom stereocenters. The van der Waals surface area contributed by atoms with Crippen LogP contribution in [0.2, 0.25) is 0 Å². The van der Waals surface area contributed by atoms with E-state index in [0.29, 0.717) is 18.0 Å². The summed E-state index contributed by atoms with van der Waals surface area (Å²) in [6, 6.07) is 16.9. The van der Waals surface area contributed by atoms with Gasteiger partial charge >= 0.3 is 11.8 Å². The smallest absolute Gasteiger partial charge is 0.313 e. The second-order valence-electron chi connectivity index (χ2n) is 7.49. The van der Waals surface area contributed by atoms with Crippen LogP contribution < -0.4 is 10.6 Å². The van der Waals surface area contributed by atoms with Gasteiger partial charge in [-0.2, -0.15) is 0 Å². The lowest BCUT2D eigenvalue weighted by molar-refractivity contribution is -0.384. The molecule has 0 fully saturated rings. The maximum atomic E-state index is 12.4. The maximum absolute atomic E-state index is 12.4. The van der Waals surface area contributed by atoms with Gasteiger partial charge in [-0.25, -0.2) is 0 Å². The Bertz CT molecular complexity index is 1110. The molecule has 0 bridgehead atoms. The van der Waals surface area contributed by atoms with Gasteiger partial charge < -0.3 is 15.1 Å². The number of amides is 2. The molecule has 2 aromatic carbocycles. The van der Waals surface area contributed by atoms with Crippen molar-refractivity contribution in [1.29, 1.82) is 0 Å². The van der Waals surface area contributed by atoms with Gasteiger partial charge in [0.05, 0.1) is 17.2 Å². The van der Waals surface area contributed by atoms with Crippen molar-refractivity contribution >= 4 is 23.2 Å². The van der Waals surface area contributed by atoms with Gasteiger partial charge in [-0.05, 0) is 41.8 Å². The molecule has 3 aromatic rings. The third-order valence-electron chi connectivity index (χ3n) is 5.47. The van der Waals surface area contributed by atoms with Crippen LogP contribution in [0.3, 0.4) is 0 Å². The fourth-order valence-electron chi connectivity index (χ4n) is 3.80. The van der Waals surface area contributed by atoms with E-state index in [2.05, 4.69) is 27.7 Å². The van der Waals surface area contributed by atoms with Gasteiger partial charge in [-0.15, -0.1) is 0 Å². The maximum Gasteiger partial charge on any atom is 0.313 e. The van der Waals surface area contributed by atoms with Gasteiger partial charge in [0.15, 0.2) is 0 Å². The van der Waals surface area contributed by atoms with Crippen molar-refractivity contribution in [3.05, 3.63) is 93.9 Å². The molecule has 1 atom stereocenters. The van der Waals surface area contributed by atoms with Gasteiger partial charge in [0.1, 0.15) is 5.76 Å². The van der Waals surface area contributed by atoms with Crippen molar-refractivity contribution in [2.45, 2.75) is 19.0 Å². The fraction of sp³-hybridized carbons (Fsp3) is 0.217. The zero-order valence-corrected chi connectivity index (χ0v) is 17.2. The van der Waals surface area contributed by atoms with Crippen LogP contribution in [-0.2, 0) is 22.6 Å². The first-order chi connectivity index (χ1) is 15.5. The van der Waals surface area contributed by atoms with Crippen molar-refractivity contribution in [1.82, 2.24) is 10.2 Å². The first-order valence-corrected chi connectivity index (χ1v) is 10.2. The summed E-state index contributed by atoms with van der Waals surface area (Å²) in [5, 5.41) is 15.9. The lowest BCUT2D eigenvalue weighted by Gasteiger charge is -2.34. The first-order valence-electron chi connectivity index (χ1n) is 10.2. The summed E-state index contributed by atoms with van der Waals surface area (Å²) >= 11 is 0. The summed E-state index contributed by atoms with van der Waals surface area (Å²) < 4.78 is 5.61. The SMILES string of the molecule is O=C(NC[C@@H](c1ccco1)N1CCc2ccccc2C1)C(=O)Nc1ccc([N+](=O)[O-])cc1. The summed E-state index contributed by atoms with van der Waals surface area (Å²) in [7, 11) is 0.